The molecular weight excluding hydrogens is 294 g/mol. The van der Waals surface area contributed by atoms with Gasteiger partial charge in [0.25, 0.3) is 5.91 Å². The fraction of sp³-hybridized carbons (Fsp3) is 0.412. The van der Waals surface area contributed by atoms with Gasteiger partial charge in [-0.1, -0.05) is 30.3 Å². The standard InChI is InChI=1S/C17H19N3OS/c21-17(18-15-11-20-8-6-13(15)7-9-20)16-10-14(19-22-16)12-4-2-1-3-5-12/h1-5,10,13,15H,6-9,11H2,(H,18,21). The van der Waals surface area contributed by atoms with Gasteiger partial charge in [-0.3, -0.25) is 4.79 Å². The summed E-state index contributed by atoms with van der Waals surface area (Å²) in [6.07, 6.45) is 2.42. The molecule has 1 N–H and O–H groups in total. The van der Waals surface area contributed by atoms with E-state index in [1.54, 1.807) is 0 Å². The lowest BCUT2D eigenvalue weighted by atomic mass is 9.84. The number of nitrogens with one attached hydrogen (secondary N) is 1. The number of hydrogen-bond donors (Lipinski definition) is 1. The minimum atomic E-state index is 0.0263. The minimum Gasteiger partial charge on any atom is -0.347 e. The number of hydrogen-bond acceptors (Lipinski definition) is 4. The maximum absolute atomic E-state index is 12.5. The molecule has 4 nitrogen and oxygen atoms in total. The molecule has 3 fully saturated rings. The molecule has 2 bridgehead atoms. The second-order valence-electron chi connectivity index (χ2n) is 6.16. The summed E-state index contributed by atoms with van der Waals surface area (Å²) >= 11 is 1.29. The van der Waals surface area contributed by atoms with Gasteiger partial charge in [0.2, 0.25) is 0 Å². The molecule has 1 atom stereocenters. The van der Waals surface area contributed by atoms with Crippen LogP contribution in [0.1, 0.15) is 22.5 Å². The maximum Gasteiger partial charge on any atom is 0.263 e. The second-order valence-corrected chi connectivity index (χ2v) is 6.97. The van der Waals surface area contributed by atoms with Gasteiger partial charge in [-0.05, 0) is 49.4 Å². The van der Waals surface area contributed by atoms with Gasteiger partial charge in [-0.25, -0.2) is 0 Å². The molecule has 22 heavy (non-hydrogen) atoms. The number of piperidine rings is 3. The van der Waals surface area contributed by atoms with Crippen LogP contribution >= 0.6 is 11.5 Å². The Morgan fingerprint density at radius 1 is 1.23 bits per heavy atom. The molecule has 0 radical (unpaired) electrons. The summed E-state index contributed by atoms with van der Waals surface area (Å²) < 4.78 is 4.42. The zero-order valence-electron chi connectivity index (χ0n) is 12.4. The van der Waals surface area contributed by atoms with E-state index in [1.165, 1.54) is 37.5 Å². The van der Waals surface area contributed by atoms with E-state index in [2.05, 4.69) is 14.6 Å². The first-order valence-electron chi connectivity index (χ1n) is 7.85. The Hall–Kier alpha value is -1.72. The molecule has 1 aromatic heterocycles. The number of nitrogens with zero attached hydrogens (tertiary/aromatic N) is 2. The van der Waals surface area contributed by atoms with Gasteiger partial charge in [0, 0.05) is 18.2 Å². The Kier molecular flexibility index (Phi) is 3.68. The highest BCUT2D eigenvalue weighted by molar-refractivity contribution is 7.08. The largest absolute Gasteiger partial charge is 0.347 e. The van der Waals surface area contributed by atoms with Crippen molar-refractivity contribution in [1.29, 1.82) is 0 Å². The normalized spacial score (nSPS) is 26.8. The van der Waals surface area contributed by atoms with Crippen LogP contribution in [0.5, 0.6) is 0 Å². The van der Waals surface area contributed by atoms with Crippen LogP contribution in [-0.4, -0.2) is 40.9 Å². The molecule has 3 saturated heterocycles. The van der Waals surface area contributed by atoms with E-state index in [0.717, 1.165) is 17.8 Å². The van der Waals surface area contributed by atoms with Crippen molar-refractivity contribution >= 4 is 17.4 Å². The number of carbonyl (C=O) groups is 1. The molecule has 3 aliphatic rings. The molecule has 5 heteroatoms. The van der Waals surface area contributed by atoms with E-state index in [-0.39, 0.29) is 5.91 Å². The van der Waals surface area contributed by atoms with Crippen molar-refractivity contribution in [2.75, 3.05) is 19.6 Å². The van der Waals surface area contributed by atoms with Crippen LogP contribution in [0, 0.1) is 5.92 Å². The lowest BCUT2D eigenvalue weighted by Crippen LogP contribution is -2.57. The van der Waals surface area contributed by atoms with Crippen LogP contribution in [-0.2, 0) is 0 Å². The summed E-state index contributed by atoms with van der Waals surface area (Å²) in [5, 5.41) is 3.22. The molecular formula is C17H19N3OS. The minimum absolute atomic E-state index is 0.0263. The van der Waals surface area contributed by atoms with E-state index in [1.807, 2.05) is 36.4 Å². The molecule has 5 rings (SSSR count). The molecule has 1 amide bonds. The van der Waals surface area contributed by atoms with Crippen molar-refractivity contribution in [3.8, 4) is 11.3 Å². The molecule has 3 aliphatic heterocycles. The molecule has 0 aliphatic carbocycles. The Morgan fingerprint density at radius 3 is 2.68 bits per heavy atom. The number of rotatable bonds is 3. The number of benzene rings is 1. The van der Waals surface area contributed by atoms with Crippen molar-refractivity contribution < 1.29 is 4.79 Å². The zero-order chi connectivity index (χ0) is 14.9. The number of aromatic nitrogens is 1. The van der Waals surface area contributed by atoms with Crippen molar-refractivity contribution in [3.05, 3.63) is 41.3 Å². The monoisotopic (exact) mass is 313 g/mol. The van der Waals surface area contributed by atoms with Crippen molar-refractivity contribution in [2.45, 2.75) is 18.9 Å². The first-order valence-corrected chi connectivity index (χ1v) is 8.62. The van der Waals surface area contributed by atoms with Crippen LogP contribution in [0.25, 0.3) is 11.3 Å². The van der Waals surface area contributed by atoms with Gasteiger partial charge >= 0.3 is 0 Å². The topological polar surface area (TPSA) is 45.2 Å². The highest BCUT2D eigenvalue weighted by Gasteiger charge is 2.35. The zero-order valence-corrected chi connectivity index (χ0v) is 13.2. The summed E-state index contributed by atoms with van der Waals surface area (Å²) in [5.74, 6) is 0.675. The van der Waals surface area contributed by atoms with Crippen LogP contribution < -0.4 is 5.32 Å². The molecule has 114 valence electrons. The highest BCUT2D eigenvalue weighted by atomic mass is 32.1. The van der Waals surface area contributed by atoms with Crippen molar-refractivity contribution in [3.63, 3.8) is 0 Å². The van der Waals surface area contributed by atoms with Gasteiger partial charge in [0.1, 0.15) is 4.88 Å². The fourth-order valence-electron chi connectivity index (χ4n) is 3.50. The fourth-order valence-corrected chi connectivity index (χ4v) is 4.16. The summed E-state index contributed by atoms with van der Waals surface area (Å²) in [7, 11) is 0. The predicted octanol–water partition coefficient (Wildman–Crippen LogP) is 2.63. The molecule has 0 saturated carbocycles. The Morgan fingerprint density at radius 2 is 2.00 bits per heavy atom. The van der Waals surface area contributed by atoms with E-state index in [9.17, 15) is 4.79 Å². The van der Waals surface area contributed by atoms with Crippen molar-refractivity contribution in [2.24, 2.45) is 5.92 Å². The van der Waals surface area contributed by atoms with Crippen LogP contribution in [0.3, 0.4) is 0 Å². The van der Waals surface area contributed by atoms with Crippen LogP contribution in [0.2, 0.25) is 0 Å². The van der Waals surface area contributed by atoms with Gasteiger partial charge in [-0.2, -0.15) is 4.37 Å². The van der Waals surface area contributed by atoms with Gasteiger partial charge in [0.15, 0.2) is 0 Å². The van der Waals surface area contributed by atoms with Crippen LogP contribution in [0.15, 0.2) is 36.4 Å². The van der Waals surface area contributed by atoms with Crippen LogP contribution in [0.4, 0.5) is 0 Å². The molecule has 0 spiro atoms. The van der Waals surface area contributed by atoms with E-state index >= 15 is 0 Å². The number of carbonyl (C=O) groups excluding carboxylic acids is 1. The average Bonchev–Trinajstić information content (AvgIpc) is 3.07. The summed E-state index contributed by atoms with van der Waals surface area (Å²) in [6.45, 7) is 3.38. The summed E-state index contributed by atoms with van der Waals surface area (Å²) in [6, 6.07) is 12.2. The van der Waals surface area contributed by atoms with Gasteiger partial charge in [0.05, 0.1) is 5.69 Å². The average molecular weight is 313 g/mol. The third-order valence-electron chi connectivity index (χ3n) is 4.78. The van der Waals surface area contributed by atoms with Gasteiger partial charge in [-0.15, -0.1) is 0 Å². The summed E-state index contributed by atoms with van der Waals surface area (Å²) in [4.78, 5) is 15.6. The number of amides is 1. The lowest BCUT2D eigenvalue weighted by molar-refractivity contribution is 0.0622. The molecule has 1 aromatic carbocycles. The maximum atomic E-state index is 12.5. The summed E-state index contributed by atoms with van der Waals surface area (Å²) in [5.41, 5.74) is 1.94. The third-order valence-corrected chi connectivity index (χ3v) is 5.56. The highest BCUT2D eigenvalue weighted by Crippen LogP contribution is 2.28. The molecule has 4 heterocycles. The van der Waals surface area contributed by atoms with E-state index in [4.69, 9.17) is 0 Å². The van der Waals surface area contributed by atoms with Gasteiger partial charge < -0.3 is 10.2 Å². The molecule has 2 aromatic rings. The number of fused-ring (bicyclic) bond motifs is 3. The first-order chi connectivity index (χ1) is 10.8. The van der Waals surface area contributed by atoms with E-state index < -0.39 is 0 Å². The first kappa shape index (κ1) is 13.9. The Bertz CT molecular complexity index is 662. The third kappa shape index (κ3) is 2.66. The van der Waals surface area contributed by atoms with Crippen molar-refractivity contribution in [1.82, 2.24) is 14.6 Å². The Balaban J connectivity index is 1.46. The molecule has 1 unspecified atom stereocenters. The lowest BCUT2D eigenvalue weighted by Gasteiger charge is -2.44. The predicted molar refractivity (Wildman–Crippen MR) is 88.0 cm³/mol. The second kappa shape index (κ2) is 5.82. The van der Waals surface area contributed by atoms with E-state index in [0.29, 0.717) is 16.8 Å². The smallest absolute Gasteiger partial charge is 0.263 e. The quantitative estimate of drug-likeness (QED) is 0.947. The SMILES string of the molecule is O=C(NC1CN2CCC1CC2)c1cc(-c2ccccc2)ns1. The Labute approximate surface area is 134 Å².